The van der Waals surface area contributed by atoms with E-state index >= 15 is 0 Å². The van der Waals surface area contributed by atoms with Crippen LogP contribution in [0.25, 0.3) is 0 Å². The van der Waals surface area contributed by atoms with Crippen LogP contribution in [0.3, 0.4) is 0 Å². The fraction of sp³-hybridized carbons (Fsp3) is 0.417. The van der Waals surface area contributed by atoms with E-state index in [9.17, 15) is 0 Å². The Kier molecular flexibility index (Phi) is 3.10. The molecule has 80 valence electrons. The van der Waals surface area contributed by atoms with Crippen molar-refractivity contribution >= 4 is 21.6 Å². The van der Waals surface area contributed by atoms with Crippen LogP contribution in [0.15, 0.2) is 21.8 Å². The third-order valence-electron chi connectivity index (χ3n) is 2.76. The molecular formula is C12H14BrNO. The van der Waals surface area contributed by atoms with Crippen molar-refractivity contribution in [2.24, 2.45) is 5.16 Å². The third-order valence-corrected chi connectivity index (χ3v) is 3.62. The fourth-order valence-corrected chi connectivity index (χ4v) is 2.25. The number of hydrogen-bond acceptors (Lipinski definition) is 2. The van der Waals surface area contributed by atoms with Gasteiger partial charge in [0, 0.05) is 16.5 Å². The Morgan fingerprint density at radius 1 is 1.47 bits per heavy atom. The van der Waals surface area contributed by atoms with E-state index in [0.29, 0.717) is 6.61 Å². The van der Waals surface area contributed by atoms with Gasteiger partial charge in [-0.05, 0) is 30.5 Å². The maximum absolute atomic E-state index is 5.08. The molecule has 1 heterocycles. The SMILES string of the molecule is CCc1ccc(Br)c(C)c1C1=NOCC1. The molecule has 0 atom stereocenters. The summed E-state index contributed by atoms with van der Waals surface area (Å²) in [6.07, 6.45) is 1.95. The minimum Gasteiger partial charge on any atom is -0.395 e. The summed E-state index contributed by atoms with van der Waals surface area (Å²) in [6, 6.07) is 4.27. The summed E-state index contributed by atoms with van der Waals surface area (Å²) in [6.45, 7) is 5.01. The molecule has 3 heteroatoms. The Hall–Kier alpha value is -0.830. The molecule has 0 amide bonds. The van der Waals surface area contributed by atoms with E-state index in [4.69, 9.17) is 4.84 Å². The molecule has 1 aromatic rings. The van der Waals surface area contributed by atoms with Gasteiger partial charge in [0.15, 0.2) is 0 Å². The van der Waals surface area contributed by atoms with E-state index in [1.165, 1.54) is 16.7 Å². The minimum atomic E-state index is 0.713. The van der Waals surface area contributed by atoms with Gasteiger partial charge in [-0.3, -0.25) is 0 Å². The Morgan fingerprint density at radius 2 is 2.27 bits per heavy atom. The van der Waals surface area contributed by atoms with Crippen molar-refractivity contribution in [1.29, 1.82) is 0 Å². The molecule has 1 aromatic carbocycles. The molecule has 0 spiro atoms. The van der Waals surface area contributed by atoms with Crippen molar-refractivity contribution in [2.75, 3.05) is 6.61 Å². The number of nitrogens with zero attached hydrogens (tertiary/aromatic N) is 1. The van der Waals surface area contributed by atoms with Crippen LogP contribution in [0.1, 0.15) is 30.0 Å². The Morgan fingerprint density at radius 3 is 2.87 bits per heavy atom. The first kappa shape index (κ1) is 10.7. The van der Waals surface area contributed by atoms with Crippen LogP contribution in [0, 0.1) is 6.92 Å². The molecule has 15 heavy (non-hydrogen) atoms. The summed E-state index contributed by atoms with van der Waals surface area (Å²) in [5.74, 6) is 0. The molecule has 2 rings (SSSR count). The van der Waals surface area contributed by atoms with Crippen LogP contribution in [-0.4, -0.2) is 12.3 Å². The summed E-state index contributed by atoms with van der Waals surface area (Å²) < 4.78 is 1.14. The lowest BCUT2D eigenvalue weighted by Gasteiger charge is -2.11. The topological polar surface area (TPSA) is 21.6 Å². The number of aryl methyl sites for hydroxylation is 1. The maximum atomic E-state index is 5.08. The summed E-state index contributed by atoms with van der Waals surface area (Å²) >= 11 is 3.56. The van der Waals surface area contributed by atoms with Crippen molar-refractivity contribution in [1.82, 2.24) is 0 Å². The molecule has 0 saturated carbocycles. The van der Waals surface area contributed by atoms with E-state index in [-0.39, 0.29) is 0 Å². The molecule has 0 radical (unpaired) electrons. The first-order valence-corrected chi connectivity index (χ1v) is 6.00. The number of benzene rings is 1. The molecule has 0 saturated heterocycles. The van der Waals surface area contributed by atoms with Crippen molar-refractivity contribution in [3.63, 3.8) is 0 Å². The van der Waals surface area contributed by atoms with Crippen molar-refractivity contribution < 1.29 is 4.84 Å². The highest BCUT2D eigenvalue weighted by Gasteiger charge is 2.17. The van der Waals surface area contributed by atoms with E-state index in [0.717, 1.165) is 23.0 Å². The van der Waals surface area contributed by atoms with Gasteiger partial charge < -0.3 is 4.84 Å². The van der Waals surface area contributed by atoms with E-state index in [1.54, 1.807) is 0 Å². The number of oxime groups is 1. The van der Waals surface area contributed by atoms with Crippen LogP contribution < -0.4 is 0 Å². The van der Waals surface area contributed by atoms with Gasteiger partial charge in [0.25, 0.3) is 0 Å². The molecule has 2 nitrogen and oxygen atoms in total. The molecule has 1 aliphatic rings. The highest BCUT2D eigenvalue weighted by molar-refractivity contribution is 9.10. The van der Waals surface area contributed by atoms with E-state index in [2.05, 4.69) is 47.1 Å². The smallest absolute Gasteiger partial charge is 0.122 e. The summed E-state index contributed by atoms with van der Waals surface area (Å²) in [7, 11) is 0. The molecule has 0 unspecified atom stereocenters. The van der Waals surface area contributed by atoms with Gasteiger partial charge in [-0.15, -0.1) is 0 Å². The number of rotatable bonds is 2. The molecule has 0 N–H and O–H groups in total. The quantitative estimate of drug-likeness (QED) is 0.805. The second-order valence-electron chi connectivity index (χ2n) is 3.68. The van der Waals surface area contributed by atoms with Gasteiger partial charge >= 0.3 is 0 Å². The second kappa shape index (κ2) is 4.35. The molecule has 1 aliphatic heterocycles. The number of hydrogen-bond donors (Lipinski definition) is 0. The van der Waals surface area contributed by atoms with Crippen molar-refractivity contribution in [3.8, 4) is 0 Å². The Bertz CT molecular complexity index is 412. The van der Waals surface area contributed by atoms with Crippen LogP contribution in [0.2, 0.25) is 0 Å². The molecule has 0 aliphatic carbocycles. The predicted octanol–water partition coefficient (Wildman–Crippen LogP) is 3.44. The molecule has 0 fully saturated rings. The number of halogens is 1. The van der Waals surface area contributed by atoms with Gasteiger partial charge in [0.05, 0.1) is 5.71 Å². The van der Waals surface area contributed by atoms with Gasteiger partial charge in [-0.25, -0.2) is 0 Å². The monoisotopic (exact) mass is 267 g/mol. The first-order valence-electron chi connectivity index (χ1n) is 5.21. The Balaban J connectivity index is 2.55. The average Bonchev–Trinajstić information content (AvgIpc) is 2.75. The van der Waals surface area contributed by atoms with Crippen molar-refractivity contribution in [2.45, 2.75) is 26.7 Å². The lowest BCUT2D eigenvalue weighted by molar-refractivity contribution is 0.174. The zero-order valence-corrected chi connectivity index (χ0v) is 10.6. The lowest BCUT2D eigenvalue weighted by atomic mass is 9.95. The lowest BCUT2D eigenvalue weighted by Crippen LogP contribution is -2.05. The van der Waals surface area contributed by atoms with Crippen LogP contribution >= 0.6 is 15.9 Å². The average molecular weight is 268 g/mol. The summed E-state index contributed by atoms with van der Waals surface area (Å²) in [5.41, 5.74) is 4.97. The Labute approximate surface area is 98.4 Å². The van der Waals surface area contributed by atoms with Crippen LogP contribution in [0.4, 0.5) is 0 Å². The summed E-state index contributed by atoms with van der Waals surface area (Å²) in [4.78, 5) is 5.08. The zero-order chi connectivity index (χ0) is 10.8. The van der Waals surface area contributed by atoms with Crippen LogP contribution in [-0.2, 0) is 11.3 Å². The minimum absolute atomic E-state index is 0.713. The van der Waals surface area contributed by atoms with Crippen molar-refractivity contribution in [3.05, 3.63) is 33.3 Å². The maximum Gasteiger partial charge on any atom is 0.122 e. The normalized spacial score (nSPS) is 15.0. The zero-order valence-electron chi connectivity index (χ0n) is 9.01. The van der Waals surface area contributed by atoms with Crippen LogP contribution in [0.5, 0.6) is 0 Å². The van der Waals surface area contributed by atoms with E-state index in [1.807, 2.05) is 0 Å². The highest BCUT2D eigenvalue weighted by Crippen LogP contribution is 2.26. The van der Waals surface area contributed by atoms with Gasteiger partial charge in [-0.1, -0.05) is 34.1 Å². The summed E-state index contributed by atoms with van der Waals surface area (Å²) in [5, 5.41) is 4.11. The largest absolute Gasteiger partial charge is 0.395 e. The van der Waals surface area contributed by atoms with Gasteiger partial charge in [-0.2, -0.15) is 0 Å². The fourth-order valence-electron chi connectivity index (χ4n) is 1.92. The predicted molar refractivity (Wildman–Crippen MR) is 65.4 cm³/mol. The molecule has 0 bridgehead atoms. The second-order valence-corrected chi connectivity index (χ2v) is 4.54. The van der Waals surface area contributed by atoms with Gasteiger partial charge in [0.1, 0.15) is 6.61 Å². The third kappa shape index (κ3) is 1.93. The van der Waals surface area contributed by atoms with Gasteiger partial charge in [0.2, 0.25) is 0 Å². The standard InChI is InChI=1S/C12H14BrNO/c1-3-9-4-5-10(13)8(2)12(9)11-6-7-15-14-11/h4-5H,3,6-7H2,1-2H3. The highest BCUT2D eigenvalue weighted by atomic mass is 79.9. The van der Waals surface area contributed by atoms with E-state index < -0.39 is 0 Å². The molecular weight excluding hydrogens is 254 g/mol. The molecule has 0 aromatic heterocycles. The first-order chi connectivity index (χ1) is 7.24.